The fraction of sp³-hybridized carbons (Fsp3) is 0.478. The lowest BCUT2D eigenvalue weighted by Crippen LogP contribution is -2.38. The highest BCUT2D eigenvalue weighted by Gasteiger charge is 2.42. The number of hydrogen-bond acceptors (Lipinski definition) is 3. The van der Waals surface area contributed by atoms with E-state index in [-0.39, 0.29) is 11.2 Å². The van der Waals surface area contributed by atoms with Gasteiger partial charge in [-0.25, -0.2) is 0 Å². The molecule has 27 heavy (non-hydrogen) atoms. The first-order chi connectivity index (χ1) is 13.1. The van der Waals surface area contributed by atoms with Crippen LogP contribution in [0.2, 0.25) is 0 Å². The van der Waals surface area contributed by atoms with Crippen molar-refractivity contribution in [1.29, 1.82) is 0 Å². The summed E-state index contributed by atoms with van der Waals surface area (Å²) in [5, 5.41) is 10.0. The Morgan fingerprint density at radius 3 is 2.33 bits per heavy atom. The van der Waals surface area contributed by atoms with Gasteiger partial charge in [0.2, 0.25) is 0 Å². The zero-order valence-corrected chi connectivity index (χ0v) is 17.3. The fourth-order valence-corrected chi connectivity index (χ4v) is 5.85. The maximum absolute atomic E-state index is 13.3. The fourth-order valence-electron chi connectivity index (χ4n) is 4.10. The minimum Gasteiger partial charge on any atom is -0.611 e. The van der Waals surface area contributed by atoms with Crippen LogP contribution in [0.1, 0.15) is 52.4 Å². The highest BCUT2D eigenvalue weighted by molar-refractivity contribution is 7.91. The number of phenols is 1. The van der Waals surface area contributed by atoms with Crippen LogP contribution in [-0.2, 0) is 11.2 Å². The molecule has 3 nitrogen and oxygen atoms in total. The molecule has 0 saturated heterocycles. The topological polar surface area (TPSA) is 46.5 Å². The van der Waals surface area contributed by atoms with Crippen LogP contribution in [-0.4, -0.2) is 22.0 Å². The molecule has 0 fully saturated rings. The minimum absolute atomic E-state index is 0.0291. The number of para-hydroxylation sites is 1. The number of phenolic OH excluding ortho intramolecular Hbond substituents is 1. The van der Waals surface area contributed by atoms with Gasteiger partial charge in [0.25, 0.3) is 0 Å². The summed E-state index contributed by atoms with van der Waals surface area (Å²) >= 11 is -1.12. The van der Waals surface area contributed by atoms with E-state index in [1.54, 1.807) is 12.1 Å². The van der Waals surface area contributed by atoms with Crippen molar-refractivity contribution in [3.63, 3.8) is 0 Å². The molecule has 0 aliphatic carbocycles. The van der Waals surface area contributed by atoms with Crippen LogP contribution < -0.4 is 4.90 Å². The maximum atomic E-state index is 13.3. The van der Waals surface area contributed by atoms with E-state index in [1.165, 1.54) is 0 Å². The highest BCUT2D eigenvalue weighted by Crippen LogP contribution is 2.45. The molecule has 0 amide bonds. The molecule has 146 valence electrons. The van der Waals surface area contributed by atoms with Gasteiger partial charge in [-0.3, -0.25) is 0 Å². The monoisotopic (exact) mass is 385 g/mol. The van der Waals surface area contributed by atoms with Crippen molar-refractivity contribution < 1.29 is 9.66 Å². The second-order valence-electron chi connectivity index (χ2n) is 7.77. The largest absolute Gasteiger partial charge is 0.611 e. The molecule has 1 aliphatic heterocycles. The van der Waals surface area contributed by atoms with E-state index >= 15 is 0 Å². The van der Waals surface area contributed by atoms with Crippen molar-refractivity contribution in [2.75, 3.05) is 17.2 Å². The summed E-state index contributed by atoms with van der Waals surface area (Å²) < 4.78 is 13.3. The summed E-state index contributed by atoms with van der Waals surface area (Å²) in [6, 6.07) is 15.7. The van der Waals surface area contributed by atoms with Crippen LogP contribution >= 0.6 is 0 Å². The van der Waals surface area contributed by atoms with E-state index < -0.39 is 11.2 Å². The molecular weight excluding hydrogens is 354 g/mol. The molecule has 0 spiro atoms. The first kappa shape index (κ1) is 20.1. The number of rotatable bonds is 7. The third-order valence-electron chi connectivity index (χ3n) is 5.60. The van der Waals surface area contributed by atoms with Gasteiger partial charge in [0.1, 0.15) is 11.5 Å². The Morgan fingerprint density at radius 2 is 1.70 bits per heavy atom. The Kier molecular flexibility index (Phi) is 6.72. The van der Waals surface area contributed by atoms with Gasteiger partial charge >= 0.3 is 0 Å². The second-order valence-corrected chi connectivity index (χ2v) is 9.19. The Morgan fingerprint density at radius 1 is 1.04 bits per heavy atom. The average Bonchev–Trinajstić information content (AvgIpc) is 2.81. The van der Waals surface area contributed by atoms with Crippen molar-refractivity contribution in [3.8, 4) is 5.75 Å². The Hall–Kier alpha value is -1.65. The quantitative estimate of drug-likeness (QED) is 0.593. The summed E-state index contributed by atoms with van der Waals surface area (Å²) in [6.07, 6.45) is 6.81. The molecule has 0 aromatic heterocycles. The number of benzene rings is 2. The van der Waals surface area contributed by atoms with Gasteiger partial charge in [-0.05, 0) is 48.3 Å². The van der Waals surface area contributed by atoms with E-state index in [2.05, 4.69) is 43.0 Å². The lowest BCUT2D eigenvalue weighted by Gasteiger charge is -2.36. The van der Waals surface area contributed by atoms with Crippen molar-refractivity contribution >= 4 is 22.6 Å². The summed E-state index contributed by atoms with van der Waals surface area (Å²) in [5.74, 6) is 0.858. The van der Waals surface area contributed by atoms with Crippen molar-refractivity contribution in [2.45, 2.75) is 57.3 Å². The van der Waals surface area contributed by atoms with Gasteiger partial charge in [-0.15, -0.1) is 0 Å². The third kappa shape index (κ3) is 4.61. The van der Waals surface area contributed by atoms with Crippen LogP contribution in [0.15, 0.2) is 53.4 Å². The standard InChI is InChI=1S/C23H31NO2S/c1-3-5-14-23(15-6-4-2)17-24(19-10-8-7-9-11-19)21-13-12-20(25)16-22(21)27(26)18-23/h7-13,16,25H,3-6,14-15,17-18H2,1-2H3. The smallest absolute Gasteiger partial charge is 0.180 e. The summed E-state index contributed by atoms with van der Waals surface area (Å²) in [5.41, 5.74) is 2.12. The van der Waals surface area contributed by atoms with Crippen molar-refractivity contribution in [1.82, 2.24) is 0 Å². The molecule has 1 unspecified atom stereocenters. The third-order valence-corrected chi connectivity index (χ3v) is 7.29. The Labute approximate surface area is 166 Å². The van der Waals surface area contributed by atoms with Crippen molar-refractivity contribution in [3.05, 3.63) is 48.5 Å². The van der Waals surface area contributed by atoms with Gasteiger partial charge in [0.05, 0.1) is 5.69 Å². The normalized spacial score (nSPS) is 18.8. The van der Waals surface area contributed by atoms with Crippen LogP contribution in [0.5, 0.6) is 5.75 Å². The molecule has 2 aromatic carbocycles. The highest BCUT2D eigenvalue weighted by atomic mass is 32.2. The summed E-state index contributed by atoms with van der Waals surface area (Å²) in [6.45, 7) is 5.33. The Balaban J connectivity index is 2.08. The average molecular weight is 386 g/mol. The van der Waals surface area contributed by atoms with E-state index in [4.69, 9.17) is 0 Å². The molecule has 1 aliphatic rings. The zero-order valence-electron chi connectivity index (χ0n) is 16.5. The van der Waals surface area contributed by atoms with Gasteiger partial charge in [-0.2, -0.15) is 0 Å². The summed E-state index contributed by atoms with van der Waals surface area (Å²) in [7, 11) is 0. The van der Waals surface area contributed by atoms with Crippen LogP contribution in [0.4, 0.5) is 11.4 Å². The molecular formula is C23H31NO2S. The predicted octanol–water partition coefficient (Wildman–Crippen LogP) is 6.02. The molecule has 1 N–H and O–H groups in total. The molecule has 0 saturated carbocycles. The van der Waals surface area contributed by atoms with Gasteiger partial charge < -0.3 is 14.6 Å². The van der Waals surface area contributed by atoms with Gasteiger partial charge in [0.15, 0.2) is 4.90 Å². The molecule has 0 bridgehead atoms. The van der Waals surface area contributed by atoms with Crippen molar-refractivity contribution in [2.24, 2.45) is 5.41 Å². The van der Waals surface area contributed by atoms with Crippen LogP contribution in [0.25, 0.3) is 0 Å². The zero-order chi connectivity index (χ0) is 19.3. The number of anilines is 2. The second kappa shape index (κ2) is 9.03. The van der Waals surface area contributed by atoms with E-state index in [0.29, 0.717) is 5.75 Å². The van der Waals surface area contributed by atoms with Crippen LogP contribution in [0.3, 0.4) is 0 Å². The number of aromatic hydroxyl groups is 1. The summed E-state index contributed by atoms with van der Waals surface area (Å²) in [4.78, 5) is 3.08. The maximum Gasteiger partial charge on any atom is 0.180 e. The first-order valence-corrected chi connectivity index (χ1v) is 11.4. The number of hydrogen-bond donors (Lipinski definition) is 1. The molecule has 3 rings (SSSR count). The predicted molar refractivity (Wildman–Crippen MR) is 114 cm³/mol. The molecule has 2 aromatic rings. The lowest BCUT2D eigenvalue weighted by atomic mass is 9.79. The first-order valence-electron chi connectivity index (χ1n) is 10.1. The van der Waals surface area contributed by atoms with Crippen LogP contribution in [0, 0.1) is 5.41 Å². The minimum atomic E-state index is -1.12. The Bertz CT molecular complexity index is 726. The molecule has 0 radical (unpaired) electrons. The number of unbranched alkanes of at least 4 members (excludes halogenated alkanes) is 2. The van der Waals surface area contributed by atoms with E-state index in [1.807, 2.05) is 12.1 Å². The lowest BCUT2D eigenvalue weighted by molar-refractivity contribution is 0.270. The molecule has 1 heterocycles. The van der Waals surface area contributed by atoms with Gasteiger partial charge in [0, 0.05) is 23.7 Å². The van der Waals surface area contributed by atoms with E-state index in [9.17, 15) is 9.66 Å². The van der Waals surface area contributed by atoms with E-state index in [0.717, 1.165) is 61.3 Å². The number of fused-ring (bicyclic) bond motifs is 1. The van der Waals surface area contributed by atoms with Gasteiger partial charge in [-0.1, -0.05) is 57.7 Å². The molecule has 1 atom stereocenters. The number of nitrogens with zero attached hydrogens (tertiary/aromatic N) is 1. The SMILES string of the molecule is CCCCC1(CCCC)CN(c2ccccc2)c2ccc(O)cc2[S+]([O-])C1. The molecule has 4 heteroatoms.